The summed E-state index contributed by atoms with van der Waals surface area (Å²) in [5.41, 5.74) is 0. The summed E-state index contributed by atoms with van der Waals surface area (Å²) in [4.78, 5) is 22.8. The molecule has 0 aromatic rings. The van der Waals surface area contributed by atoms with Gasteiger partial charge in [0.2, 0.25) is 5.91 Å². The molecule has 1 aliphatic rings. The normalized spacial score (nSPS) is 29.0. The van der Waals surface area contributed by atoms with Crippen molar-refractivity contribution in [2.24, 2.45) is 17.8 Å². The van der Waals surface area contributed by atoms with E-state index in [4.69, 9.17) is 5.11 Å². The Labute approximate surface area is 100 Å². The van der Waals surface area contributed by atoms with Crippen LogP contribution >= 0.6 is 11.8 Å². The Kier molecular flexibility index (Phi) is 5.12. The number of carbonyl (C=O) groups excluding carboxylic acids is 1. The van der Waals surface area contributed by atoms with Gasteiger partial charge in [-0.25, -0.2) is 0 Å². The predicted molar refractivity (Wildman–Crippen MR) is 64.4 cm³/mol. The molecule has 5 heteroatoms. The van der Waals surface area contributed by atoms with Crippen LogP contribution in [0.1, 0.15) is 19.8 Å². The third-order valence-corrected chi connectivity index (χ3v) is 3.67. The zero-order chi connectivity index (χ0) is 12.1. The molecule has 0 radical (unpaired) electrons. The number of aliphatic carboxylic acids is 1. The summed E-state index contributed by atoms with van der Waals surface area (Å²) in [5.74, 6) is -0.567. The molecule has 0 bridgehead atoms. The molecule has 1 rings (SSSR count). The van der Waals surface area contributed by atoms with E-state index in [1.165, 1.54) is 0 Å². The highest BCUT2D eigenvalue weighted by molar-refractivity contribution is 7.98. The Bertz CT molecular complexity index is 270. The van der Waals surface area contributed by atoms with Crippen molar-refractivity contribution in [3.8, 4) is 0 Å². The summed E-state index contributed by atoms with van der Waals surface area (Å²) in [6, 6.07) is 0. The molecule has 2 N–H and O–H groups in total. The molecule has 4 nitrogen and oxygen atoms in total. The molecule has 92 valence electrons. The van der Waals surface area contributed by atoms with E-state index in [0.29, 0.717) is 25.3 Å². The van der Waals surface area contributed by atoms with E-state index >= 15 is 0 Å². The number of rotatable bonds is 5. The maximum Gasteiger partial charge on any atom is 0.307 e. The van der Waals surface area contributed by atoms with Crippen LogP contribution in [0.4, 0.5) is 0 Å². The molecule has 1 amide bonds. The number of carboxylic acids is 1. The van der Waals surface area contributed by atoms with Gasteiger partial charge < -0.3 is 10.4 Å². The Morgan fingerprint density at radius 3 is 2.56 bits per heavy atom. The Hall–Kier alpha value is -0.710. The average molecular weight is 245 g/mol. The molecule has 0 saturated heterocycles. The number of nitrogens with one attached hydrogen (secondary N) is 1. The molecule has 3 atom stereocenters. The van der Waals surface area contributed by atoms with Crippen molar-refractivity contribution < 1.29 is 14.7 Å². The third kappa shape index (κ3) is 3.40. The first-order valence-electron chi connectivity index (χ1n) is 5.55. The van der Waals surface area contributed by atoms with E-state index in [0.717, 1.165) is 5.75 Å². The van der Waals surface area contributed by atoms with Crippen molar-refractivity contribution in [2.45, 2.75) is 19.8 Å². The average Bonchev–Trinajstić information content (AvgIpc) is 2.61. The molecular weight excluding hydrogens is 226 g/mol. The van der Waals surface area contributed by atoms with Crippen LogP contribution in [0.5, 0.6) is 0 Å². The second kappa shape index (κ2) is 6.13. The molecule has 1 aliphatic carbocycles. The Morgan fingerprint density at radius 2 is 2.00 bits per heavy atom. The first kappa shape index (κ1) is 13.4. The van der Waals surface area contributed by atoms with Gasteiger partial charge in [0, 0.05) is 12.3 Å². The van der Waals surface area contributed by atoms with Gasteiger partial charge in [-0.05, 0) is 25.0 Å². The van der Waals surface area contributed by atoms with E-state index < -0.39 is 11.9 Å². The third-order valence-electron chi connectivity index (χ3n) is 3.06. The molecule has 0 heterocycles. The Balaban J connectivity index is 2.50. The van der Waals surface area contributed by atoms with E-state index in [1.807, 2.05) is 13.2 Å². The van der Waals surface area contributed by atoms with E-state index in [9.17, 15) is 9.59 Å². The minimum absolute atomic E-state index is 0.0919. The van der Waals surface area contributed by atoms with Crippen LogP contribution < -0.4 is 5.32 Å². The molecule has 16 heavy (non-hydrogen) atoms. The second-order valence-electron chi connectivity index (χ2n) is 4.41. The fraction of sp³-hybridized carbons (Fsp3) is 0.818. The number of carbonyl (C=O) groups is 2. The highest BCUT2D eigenvalue weighted by atomic mass is 32.2. The highest BCUT2D eigenvalue weighted by Gasteiger charge is 2.40. The maximum atomic E-state index is 11.8. The number of carboxylic acid groups (broad SMARTS) is 1. The van der Waals surface area contributed by atoms with E-state index in [2.05, 4.69) is 5.32 Å². The molecule has 0 aromatic carbocycles. The van der Waals surface area contributed by atoms with Crippen LogP contribution in [-0.2, 0) is 9.59 Å². The lowest BCUT2D eigenvalue weighted by atomic mass is 9.95. The lowest BCUT2D eigenvalue weighted by Crippen LogP contribution is -2.36. The van der Waals surface area contributed by atoms with Gasteiger partial charge in [-0.15, -0.1) is 0 Å². The summed E-state index contributed by atoms with van der Waals surface area (Å²) in [6.45, 7) is 2.63. The molecular formula is C11H19NO3S. The monoisotopic (exact) mass is 245 g/mol. The zero-order valence-corrected chi connectivity index (χ0v) is 10.5. The Morgan fingerprint density at radius 1 is 1.38 bits per heavy atom. The van der Waals surface area contributed by atoms with Crippen LogP contribution in [0.2, 0.25) is 0 Å². The minimum atomic E-state index is -0.839. The maximum absolute atomic E-state index is 11.8. The largest absolute Gasteiger partial charge is 0.481 e. The van der Waals surface area contributed by atoms with Gasteiger partial charge in [0.05, 0.1) is 11.8 Å². The molecule has 0 aromatic heterocycles. The van der Waals surface area contributed by atoms with Crippen LogP contribution in [0, 0.1) is 17.8 Å². The van der Waals surface area contributed by atoms with Crippen molar-refractivity contribution in [1.82, 2.24) is 5.32 Å². The molecule has 0 aliphatic heterocycles. The lowest BCUT2D eigenvalue weighted by Gasteiger charge is -2.15. The number of amides is 1. The first-order chi connectivity index (χ1) is 7.56. The summed E-state index contributed by atoms with van der Waals surface area (Å²) < 4.78 is 0. The standard InChI is InChI=1S/C11H19NO3S/c1-7-5-8(9(6-7)11(14)15)10(13)12-3-4-16-2/h7-9H,3-6H2,1-2H3,(H,12,13)(H,14,15). The van der Waals surface area contributed by atoms with Crippen molar-refractivity contribution >= 4 is 23.6 Å². The van der Waals surface area contributed by atoms with Crippen LogP contribution in [0.3, 0.4) is 0 Å². The summed E-state index contributed by atoms with van der Waals surface area (Å²) >= 11 is 1.66. The fourth-order valence-corrected chi connectivity index (χ4v) is 2.57. The lowest BCUT2D eigenvalue weighted by molar-refractivity contribution is -0.146. The van der Waals surface area contributed by atoms with Crippen molar-refractivity contribution in [3.63, 3.8) is 0 Å². The van der Waals surface area contributed by atoms with Gasteiger partial charge in [0.25, 0.3) is 0 Å². The van der Waals surface area contributed by atoms with Gasteiger partial charge in [-0.3, -0.25) is 9.59 Å². The van der Waals surface area contributed by atoms with Crippen LogP contribution in [0.25, 0.3) is 0 Å². The van der Waals surface area contributed by atoms with Crippen molar-refractivity contribution in [1.29, 1.82) is 0 Å². The quantitative estimate of drug-likeness (QED) is 0.715. The van der Waals surface area contributed by atoms with Gasteiger partial charge in [0.1, 0.15) is 0 Å². The second-order valence-corrected chi connectivity index (χ2v) is 5.40. The van der Waals surface area contributed by atoms with Crippen LogP contribution in [0.15, 0.2) is 0 Å². The molecule has 3 unspecified atom stereocenters. The van der Waals surface area contributed by atoms with E-state index in [1.54, 1.807) is 11.8 Å². The summed E-state index contributed by atoms with van der Waals surface area (Å²) in [6.07, 6.45) is 3.29. The van der Waals surface area contributed by atoms with Gasteiger partial charge in [0.15, 0.2) is 0 Å². The number of hydrogen-bond donors (Lipinski definition) is 2. The molecule has 1 saturated carbocycles. The SMILES string of the molecule is CSCCNC(=O)C1CC(C)CC1C(=O)O. The number of thioether (sulfide) groups is 1. The van der Waals surface area contributed by atoms with Crippen molar-refractivity contribution in [2.75, 3.05) is 18.6 Å². The minimum Gasteiger partial charge on any atom is -0.481 e. The summed E-state index contributed by atoms with van der Waals surface area (Å²) in [5, 5.41) is 11.8. The van der Waals surface area contributed by atoms with Gasteiger partial charge in [-0.1, -0.05) is 6.92 Å². The van der Waals surface area contributed by atoms with Crippen molar-refractivity contribution in [3.05, 3.63) is 0 Å². The highest BCUT2D eigenvalue weighted by Crippen LogP contribution is 2.36. The smallest absolute Gasteiger partial charge is 0.307 e. The zero-order valence-electron chi connectivity index (χ0n) is 9.73. The first-order valence-corrected chi connectivity index (χ1v) is 6.95. The molecule has 0 spiro atoms. The predicted octanol–water partition coefficient (Wildman–Crippen LogP) is 1.21. The van der Waals surface area contributed by atoms with Crippen LogP contribution in [-0.4, -0.2) is 35.5 Å². The number of hydrogen-bond acceptors (Lipinski definition) is 3. The summed E-state index contributed by atoms with van der Waals surface area (Å²) in [7, 11) is 0. The van der Waals surface area contributed by atoms with Gasteiger partial charge >= 0.3 is 5.97 Å². The van der Waals surface area contributed by atoms with E-state index in [-0.39, 0.29) is 11.8 Å². The fourth-order valence-electron chi connectivity index (χ4n) is 2.26. The molecule has 1 fully saturated rings. The van der Waals surface area contributed by atoms with Gasteiger partial charge in [-0.2, -0.15) is 11.8 Å². The topological polar surface area (TPSA) is 66.4 Å².